The number of aryl methyl sites for hydroxylation is 1. The Morgan fingerprint density at radius 1 is 1.47 bits per heavy atom. The number of aliphatic hydroxyl groups is 1. The quantitative estimate of drug-likeness (QED) is 0.828. The summed E-state index contributed by atoms with van der Waals surface area (Å²) in [6.45, 7) is 4.65. The van der Waals surface area contributed by atoms with Gasteiger partial charge in [0.1, 0.15) is 11.4 Å². The van der Waals surface area contributed by atoms with Crippen molar-refractivity contribution in [2.75, 3.05) is 0 Å². The predicted molar refractivity (Wildman–Crippen MR) is 56.1 cm³/mol. The molecular weight excluding hydrogens is 195 g/mol. The van der Waals surface area contributed by atoms with Crippen LogP contribution in [0.4, 0.5) is 4.39 Å². The molecule has 1 N–H and O–H groups in total. The van der Waals surface area contributed by atoms with Crippen LogP contribution in [0.15, 0.2) is 18.2 Å². The summed E-state index contributed by atoms with van der Waals surface area (Å²) in [5, 5.41) is 9.47. The minimum atomic E-state index is -1.33. The molecule has 0 aliphatic heterocycles. The molecule has 0 unspecified atom stereocenters. The lowest BCUT2D eigenvalue weighted by atomic mass is 9.95. The smallest absolute Gasteiger partial charge is 0.168 e. The lowest BCUT2D eigenvalue weighted by Crippen LogP contribution is -2.32. The Kier molecular flexibility index (Phi) is 3.25. The Labute approximate surface area is 88.7 Å². The number of halogens is 1. The van der Waals surface area contributed by atoms with Crippen molar-refractivity contribution in [3.63, 3.8) is 0 Å². The molecule has 0 fully saturated rings. The van der Waals surface area contributed by atoms with E-state index in [-0.39, 0.29) is 18.0 Å². The van der Waals surface area contributed by atoms with Gasteiger partial charge < -0.3 is 5.11 Å². The van der Waals surface area contributed by atoms with Gasteiger partial charge in [-0.3, -0.25) is 4.79 Å². The maximum absolute atomic E-state index is 12.8. The van der Waals surface area contributed by atoms with Gasteiger partial charge in [-0.2, -0.15) is 0 Å². The fraction of sp³-hybridized carbons (Fsp3) is 0.417. The summed E-state index contributed by atoms with van der Waals surface area (Å²) in [6, 6.07) is 4.28. The molecule has 0 spiro atoms. The standard InChI is InChI=1S/C12H15FO2/c1-8-6-10(13)5-4-9(8)7-11(14)12(2,3)15/h4-6,15H,7H2,1-3H3. The van der Waals surface area contributed by atoms with E-state index in [2.05, 4.69) is 0 Å². The molecule has 0 aliphatic rings. The van der Waals surface area contributed by atoms with Crippen molar-refractivity contribution in [2.45, 2.75) is 32.8 Å². The second-order valence-electron chi connectivity index (χ2n) is 4.23. The molecule has 0 amide bonds. The van der Waals surface area contributed by atoms with Crippen LogP contribution in [0.3, 0.4) is 0 Å². The number of Topliss-reactive ketones (excluding diaryl/α,β-unsaturated/α-hetero) is 1. The average molecular weight is 210 g/mol. The topological polar surface area (TPSA) is 37.3 Å². The summed E-state index contributed by atoms with van der Waals surface area (Å²) < 4.78 is 12.8. The molecule has 82 valence electrons. The van der Waals surface area contributed by atoms with Crippen LogP contribution in [-0.2, 0) is 11.2 Å². The molecule has 0 saturated carbocycles. The minimum Gasteiger partial charge on any atom is -0.383 e. The van der Waals surface area contributed by atoms with E-state index < -0.39 is 5.60 Å². The molecule has 15 heavy (non-hydrogen) atoms. The zero-order chi connectivity index (χ0) is 11.6. The van der Waals surface area contributed by atoms with Crippen molar-refractivity contribution in [1.82, 2.24) is 0 Å². The molecule has 0 aliphatic carbocycles. The summed E-state index contributed by atoms with van der Waals surface area (Å²) in [6.07, 6.45) is 0.135. The second kappa shape index (κ2) is 4.11. The number of benzene rings is 1. The molecule has 3 heteroatoms. The van der Waals surface area contributed by atoms with Crippen LogP contribution in [0, 0.1) is 12.7 Å². The van der Waals surface area contributed by atoms with E-state index in [9.17, 15) is 14.3 Å². The highest BCUT2D eigenvalue weighted by Gasteiger charge is 2.23. The summed E-state index contributed by atoms with van der Waals surface area (Å²) in [7, 11) is 0. The lowest BCUT2D eigenvalue weighted by molar-refractivity contribution is -0.133. The van der Waals surface area contributed by atoms with Gasteiger partial charge in [-0.1, -0.05) is 6.07 Å². The molecule has 1 aromatic rings. The molecule has 1 aromatic carbocycles. The van der Waals surface area contributed by atoms with Crippen LogP contribution in [0.25, 0.3) is 0 Å². The van der Waals surface area contributed by atoms with Gasteiger partial charge >= 0.3 is 0 Å². The SMILES string of the molecule is Cc1cc(F)ccc1CC(=O)C(C)(C)O. The largest absolute Gasteiger partial charge is 0.383 e. The van der Waals surface area contributed by atoms with Crippen molar-refractivity contribution in [2.24, 2.45) is 0 Å². The highest BCUT2D eigenvalue weighted by atomic mass is 19.1. The van der Waals surface area contributed by atoms with E-state index in [1.165, 1.54) is 26.0 Å². The van der Waals surface area contributed by atoms with E-state index in [4.69, 9.17) is 0 Å². The number of hydrogen-bond donors (Lipinski definition) is 1. The number of hydrogen-bond acceptors (Lipinski definition) is 2. The van der Waals surface area contributed by atoms with Crippen molar-refractivity contribution in [3.8, 4) is 0 Å². The number of carbonyl (C=O) groups is 1. The number of carbonyl (C=O) groups excluding carboxylic acids is 1. The van der Waals surface area contributed by atoms with Gasteiger partial charge in [-0.15, -0.1) is 0 Å². The van der Waals surface area contributed by atoms with Crippen LogP contribution < -0.4 is 0 Å². The van der Waals surface area contributed by atoms with Gasteiger partial charge in [0, 0.05) is 6.42 Å². The molecule has 1 rings (SSSR count). The second-order valence-corrected chi connectivity index (χ2v) is 4.23. The Morgan fingerprint density at radius 3 is 2.53 bits per heavy atom. The normalized spacial score (nSPS) is 11.5. The molecule has 0 heterocycles. The molecule has 2 nitrogen and oxygen atoms in total. The van der Waals surface area contributed by atoms with Gasteiger partial charge in [-0.25, -0.2) is 4.39 Å². The van der Waals surface area contributed by atoms with Gasteiger partial charge in [0.05, 0.1) is 0 Å². The first-order chi connectivity index (χ1) is 6.80. The molecule has 0 saturated heterocycles. The zero-order valence-corrected chi connectivity index (χ0v) is 9.17. The van der Waals surface area contributed by atoms with Gasteiger partial charge in [-0.05, 0) is 44.0 Å². The number of rotatable bonds is 3. The first kappa shape index (κ1) is 11.9. The minimum absolute atomic E-state index is 0.135. The third-order valence-electron chi connectivity index (χ3n) is 2.34. The lowest BCUT2D eigenvalue weighted by Gasteiger charge is -2.16. The Bertz CT molecular complexity index is 378. The van der Waals surface area contributed by atoms with Gasteiger partial charge in [0.15, 0.2) is 5.78 Å². The predicted octanol–water partition coefficient (Wildman–Crippen LogP) is 2.02. The third kappa shape index (κ3) is 3.13. The van der Waals surface area contributed by atoms with E-state index >= 15 is 0 Å². The van der Waals surface area contributed by atoms with Crippen LogP contribution in [0.1, 0.15) is 25.0 Å². The summed E-state index contributed by atoms with van der Waals surface area (Å²) in [4.78, 5) is 11.5. The highest BCUT2D eigenvalue weighted by molar-refractivity contribution is 5.88. The Morgan fingerprint density at radius 2 is 2.07 bits per heavy atom. The van der Waals surface area contributed by atoms with Crippen LogP contribution in [0.5, 0.6) is 0 Å². The van der Waals surface area contributed by atoms with Crippen molar-refractivity contribution in [1.29, 1.82) is 0 Å². The van der Waals surface area contributed by atoms with Crippen LogP contribution in [-0.4, -0.2) is 16.5 Å². The third-order valence-corrected chi connectivity index (χ3v) is 2.34. The summed E-state index contributed by atoms with van der Waals surface area (Å²) >= 11 is 0. The fourth-order valence-electron chi connectivity index (χ4n) is 1.25. The molecule has 0 radical (unpaired) electrons. The molecular formula is C12H15FO2. The molecule has 0 bridgehead atoms. The zero-order valence-electron chi connectivity index (χ0n) is 9.17. The Hall–Kier alpha value is -1.22. The average Bonchev–Trinajstić information content (AvgIpc) is 2.08. The van der Waals surface area contributed by atoms with E-state index in [1.54, 1.807) is 13.0 Å². The van der Waals surface area contributed by atoms with E-state index in [1.807, 2.05) is 0 Å². The van der Waals surface area contributed by atoms with Gasteiger partial charge in [0.2, 0.25) is 0 Å². The van der Waals surface area contributed by atoms with Crippen molar-refractivity contribution < 1.29 is 14.3 Å². The maximum Gasteiger partial charge on any atom is 0.168 e. The molecule has 0 atom stereocenters. The first-order valence-corrected chi connectivity index (χ1v) is 4.81. The first-order valence-electron chi connectivity index (χ1n) is 4.81. The maximum atomic E-state index is 12.8. The summed E-state index contributed by atoms with van der Waals surface area (Å²) in [5.74, 6) is -0.579. The van der Waals surface area contributed by atoms with Crippen LogP contribution in [0.2, 0.25) is 0 Å². The van der Waals surface area contributed by atoms with E-state index in [0.29, 0.717) is 0 Å². The number of ketones is 1. The van der Waals surface area contributed by atoms with Crippen LogP contribution >= 0.6 is 0 Å². The molecule has 0 aromatic heterocycles. The van der Waals surface area contributed by atoms with E-state index in [0.717, 1.165) is 11.1 Å². The summed E-state index contributed by atoms with van der Waals surface area (Å²) in [5.41, 5.74) is 0.150. The van der Waals surface area contributed by atoms with Crippen molar-refractivity contribution >= 4 is 5.78 Å². The fourth-order valence-corrected chi connectivity index (χ4v) is 1.25. The van der Waals surface area contributed by atoms with Crippen molar-refractivity contribution in [3.05, 3.63) is 35.1 Å². The highest BCUT2D eigenvalue weighted by Crippen LogP contribution is 2.14. The van der Waals surface area contributed by atoms with Gasteiger partial charge in [0.25, 0.3) is 0 Å². The monoisotopic (exact) mass is 210 g/mol. The Balaban J connectivity index is 2.87.